The topological polar surface area (TPSA) is 63.6 Å². The Labute approximate surface area is 105 Å². The molecule has 0 spiro atoms. The molecule has 0 saturated carbocycles. The van der Waals surface area contributed by atoms with Crippen molar-refractivity contribution in [1.82, 2.24) is 0 Å². The summed E-state index contributed by atoms with van der Waals surface area (Å²) in [7, 11) is 0. The van der Waals surface area contributed by atoms with E-state index in [9.17, 15) is 9.59 Å². The van der Waals surface area contributed by atoms with E-state index in [1.807, 2.05) is 0 Å². The van der Waals surface area contributed by atoms with Gasteiger partial charge in [0.1, 0.15) is 0 Å². The summed E-state index contributed by atoms with van der Waals surface area (Å²) in [5.41, 5.74) is 0.200. The van der Waals surface area contributed by atoms with Crippen molar-refractivity contribution in [3.63, 3.8) is 0 Å². The van der Waals surface area contributed by atoms with Crippen molar-refractivity contribution in [2.24, 2.45) is 0 Å². The first kappa shape index (κ1) is 13.3. The Bertz CT molecular complexity index is 362. The number of carboxylic acids is 1. The van der Waals surface area contributed by atoms with Gasteiger partial charge < -0.3 is 12.1 Å². The number of thiol groups is 1. The minimum atomic E-state index is -1.09. The van der Waals surface area contributed by atoms with E-state index in [2.05, 4.69) is 17.1 Å². The molecule has 14 heavy (non-hydrogen) atoms. The van der Waals surface area contributed by atoms with E-state index in [1.54, 1.807) is 0 Å². The third-order valence-corrected chi connectivity index (χ3v) is 1.59. The van der Waals surface area contributed by atoms with Gasteiger partial charge in [-0.15, -0.1) is 0 Å². The van der Waals surface area contributed by atoms with Crippen LogP contribution in [0.3, 0.4) is 0 Å². The van der Waals surface area contributed by atoms with Crippen LogP contribution in [0.15, 0.2) is 24.3 Å². The number of aromatic carboxylic acids is 1. The molecule has 1 rings (SSSR count). The zero-order valence-electron chi connectivity index (χ0n) is 9.14. The minimum Gasteiger partial charge on any atom is -1.00 e. The zero-order chi connectivity index (χ0) is 9.84. The summed E-state index contributed by atoms with van der Waals surface area (Å²) in [6, 6.07) is 5.52. The van der Waals surface area contributed by atoms with Gasteiger partial charge in [-0.05, 0) is 18.2 Å². The molecule has 0 saturated heterocycles. The van der Waals surface area contributed by atoms with Crippen LogP contribution in [0, 0.1) is 0 Å². The quantitative estimate of drug-likeness (QED) is 0.451. The second-order valence-corrected chi connectivity index (χ2v) is 2.45. The largest absolute Gasteiger partial charge is 2.00 e. The zero-order valence-corrected chi connectivity index (χ0v) is 9.44. The molecule has 0 heterocycles. The van der Waals surface area contributed by atoms with Gasteiger partial charge in [-0.1, -0.05) is 6.07 Å². The number of carbonyl (C=O) groups is 2. The Balaban J connectivity index is -0.000000563. The van der Waals surface area contributed by atoms with Crippen LogP contribution >= 0.6 is 12.9 Å². The van der Waals surface area contributed by atoms with Crippen LogP contribution in [0.4, 0.5) is 0 Å². The van der Waals surface area contributed by atoms with E-state index >= 15 is 0 Å². The summed E-state index contributed by atoms with van der Waals surface area (Å²) in [5, 5.41) is 8.59. The fourth-order valence-electron chi connectivity index (χ4n) is 0.832. The number of benzene rings is 1. The summed E-state index contributed by atoms with van der Waals surface area (Å²) in [6.07, 6.45) is 0. The van der Waals surface area contributed by atoms with Gasteiger partial charge in [-0.25, -0.2) is 9.59 Å². The Morgan fingerprint density at radius 1 is 1.36 bits per heavy atom. The molecule has 4 nitrogen and oxygen atoms in total. The fourth-order valence-corrected chi connectivity index (χ4v) is 0.937. The number of carbonyl (C=O) groups excluding carboxylic acids is 1. The van der Waals surface area contributed by atoms with Crippen molar-refractivity contribution in [3.05, 3.63) is 35.4 Å². The predicted molar refractivity (Wildman–Crippen MR) is 55.8 cm³/mol. The summed E-state index contributed by atoms with van der Waals surface area (Å²) in [6.45, 7) is 0. The van der Waals surface area contributed by atoms with E-state index in [4.69, 9.17) is 5.11 Å². The van der Waals surface area contributed by atoms with E-state index < -0.39 is 11.9 Å². The minimum absolute atomic E-state index is 0. The molecule has 0 fully saturated rings. The smallest absolute Gasteiger partial charge is 1.00 e. The van der Waals surface area contributed by atoms with Crippen LogP contribution < -0.4 is 0 Å². The molecule has 0 amide bonds. The summed E-state index contributed by atoms with van der Waals surface area (Å²) >= 11 is 3.32. The van der Waals surface area contributed by atoms with Crippen molar-refractivity contribution >= 4 is 47.9 Å². The van der Waals surface area contributed by atoms with Crippen LogP contribution in [-0.4, -0.2) is 40.1 Å². The molecule has 1 aromatic carbocycles. The SMILES string of the molecule is O=C(O)c1cccc(C(=O)OS)c1.[H-].[H-].[Mg+2]. The maximum Gasteiger partial charge on any atom is 2.00 e. The molecule has 0 radical (unpaired) electrons. The van der Waals surface area contributed by atoms with Crippen LogP contribution in [0.1, 0.15) is 23.6 Å². The van der Waals surface area contributed by atoms with Crippen molar-refractivity contribution in [2.45, 2.75) is 0 Å². The second-order valence-electron chi connectivity index (χ2n) is 2.26. The first-order valence-electron chi connectivity index (χ1n) is 3.34. The van der Waals surface area contributed by atoms with Crippen molar-refractivity contribution in [3.8, 4) is 0 Å². The molecule has 1 N–H and O–H groups in total. The summed E-state index contributed by atoms with van der Waals surface area (Å²) < 4.78 is 4.13. The number of hydrogen-bond acceptors (Lipinski definition) is 4. The van der Waals surface area contributed by atoms with Crippen molar-refractivity contribution in [2.75, 3.05) is 0 Å². The summed E-state index contributed by atoms with van der Waals surface area (Å²) in [4.78, 5) is 21.4. The normalized spacial score (nSPS) is 8.64. The molecule has 0 aliphatic rings. The number of carboxylic acid groups (broad SMARTS) is 1. The van der Waals surface area contributed by atoms with Gasteiger partial charge in [0.15, 0.2) is 0 Å². The van der Waals surface area contributed by atoms with Crippen LogP contribution in [0.5, 0.6) is 0 Å². The van der Waals surface area contributed by atoms with Crippen LogP contribution in [0.2, 0.25) is 0 Å². The van der Waals surface area contributed by atoms with Gasteiger partial charge in [0.25, 0.3) is 0 Å². The molecule has 0 aliphatic heterocycles. The van der Waals surface area contributed by atoms with Gasteiger partial charge in [-0.2, -0.15) is 0 Å². The molecule has 0 bridgehead atoms. The van der Waals surface area contributed by atoms with E-state index in [0.717, 1.165) is 0 Å². The molecular formula is C8H8MgO4S. The number of rotatable bonds is 2. The molecule has 72 valence electrons. The Hall–Kier alpha value is -0.724. The van der Waals surface area contributed by atoms with E-state index in [0.29, 0.717) is 0 Å². The Morgan fingerprint density at radius 3 is 2.43 bits per heavy atom. The van der Waals surface area contributed by atoms with E-state index in [-0.39, 0.29) is 37.0 Å². The number of hydrogen-bond donors (Lipinski definition) is 2. The van der Waals surface area contributed by atoms with Gasteiger partial charge in [-0.3, -0.25) is 0 Å². The van der Waals surface area contributed by atoms with Crippen LogP contribution in [-0.2, 0) is 4.18 Å². The van der Waals surface area contributed by atoms with Crippen molar-refractivity contribution in [1.29, 1.82) is 0 Å². The molecular weight excluding hydrogens is 216 g/mol. The monoisotopic (exact) mass is 224 g/mol. The first-order valence-corrected chi connectivity index (χ1v) is 3.71. The van der Waals surface area contributed by atoms with Crippen LogP contribution in [0.25, 0.3) is 0 Å². The Morgan fingerprint density at radius 2 is 1.93 bits per heavy atom. The fraction of sp³-hybridized carbons (Fsp3) is 0. The molecule has 0 aliphatic carbocycles. The molecule has 6 heteroatoms. The second kappa shape index (κ2) is 5.89. The third-order valence-electron chi connectivity index (χ3n) is 1.43. The molecule has 1 aromatic rings. The van der Waals surface area contributed by atoms with Gasteiger partial charge in [0.05, 0.1) is 11.1 Å². The van der Waals surface area contributed by atoms with E-state index in [1.165, 1.54) is 24.3 Å². The predicted octanol–water partition coefficient (Wildman–Crippen LogP) is 1.23. The average Bonchev–Trinajstić information content (AvgIpc) is 2.17. The summed E-state index contributed by atoms with van der Waals surface area (Å²) in [5.74, 6) is -1.76. The van der Waals surface area contributed by atoms with Gasteiger partial charge in [0.2, 0.25) is 0 Å². The molecule has 0 aromatic heterocycles. The Kier molecular flexibility index (Phi) is 5.59. The molecule has 0 atom stereocenters. The van der Waals surface area contributed by atoms with Gasteiger partial charge in [0, 0.05) is 12.9 Å². The average molecular weight is 225 g/mol. The maximum absolute atomic E-state index is 10.9. The third kappa shape index (κ3) is 3.20. The molecule has 0 unspecified atom stereocenters. The van der Waals surface area contributed by atoms with Gasteiger partial charge >= 0.3 is 35.0 Å². The maximum atomic E-state index is 10.9. The first-order chi connectivity index (χ1) is 6.15. The standard InChI is InChI=1S/C8H6O4S.Mg.2H/c9-7(10)5-2-1-3-6(4-5)8(11)12-13;;;/h1-4,13H,(H,9,10);;;/q;+2;2*-1. The van der Waals surface area contributed by atoms with Crippen molar-refractivity contribution < 1.29 is 21.7 Å².